The Kier molecular flexibility index (Phi) is 3.72. The van der Waals surface area contributed by atoms with Crippen molar-refractivity contribution in [3.05, 3.63) is 52.4 Å². The molecule has 0 saturated heterocycles. The fraction of sp³-hybridized carbons (Fsp3) is 0.154. The summed E-state index contributed by atoms with van der Waals surface area (Å²) < 4.78 is 6.07. The molecule has 0 saturated carbocycles. The van der Waals surface area contributed by atoms with Crippen LogP contribution in [0.3, 0.4) is 0 Å². The van der Waals surface area contributed by atoms with Crippen molar-refractivity contribution in [1.29, 1.82) is 0 Å². The van der Waals surface area contributed by atoms with Crippen molar-refractivity contribution in [1.82, 2.24) is 5.32 Å². The van der Waals surface area contributed by atoms with Crippen LogP contribution in [0.1, 0.15) is 29.1 Å². The molecule has 1 atom stereocenters. The van der Waals surface area contributed by atoms with Crippen LogP contribution in [0.25, 0.3) is 0 Å². The van der Waals surface area contributed by atoms with Gasteiger partial charge in [0.25, 0.3) is 5.91 Å². The molecule has 1 amide bonds. The molecule has 4 nitrogen and oxygen atoms in total. The molecule has 0 aliphatic rings. The summed E-state index contributed by atoms with van der Waals surface area (Å²) in [6.07, 6.45) is 1.58. The Balaban J connectivity index is 2.12. The lowest BCUT2D eigenvalue weighted by Crippen LogP contribution is -2.27. The number of hydrogen-bond donors (Lipinski definition) is 2. The van der Waals surface area contributed by atoms with Gasteiger partial charge < -0.3 is 15.5 Å². The molecule has 1 aromatic carbocycles. The molecule has 0 radical (unpaired) electrons. The third-order valence-corrected chi connectivity index (χ3v) is 3.07. The maximum absolute atomic E-state index is 12.0. The summed E-state index contributed by atoms with van der Waals surface area (Å²) in [7, 11) is 0. The first kappa shape index (κ1) is 12.7. The van der Waals surface area contributed by atoms with Gasteiger partial charge in [0, 0.05) is 10.2 Å². The standard InChI is InChI=1S/C13H13BrN2O2/c1-8(12-3-2-6-18-12)16-13(17)10-5-4-9(14)7-11(10)15/h2-8H,15H2,1H3,(H,16,17). The van der Waals surface area contributed by atoms with Crippen molar-refractivity contribution in [2.75, 3.05) is 5.73 Å². The number of nitrogens with two attached hydrogens (primary N) is 1. The van der Waals surface area contributed by atoms with E-state index in [0.717, 1.165) is 4.47 Å². The zero-order chi connectivity index (χ0) is 13.1. The molecule has 0 spiro atoms. The van der Waals surface area contributed by atoms with E-state index < -0.39 is 0 Å². The zero-order valence-corrected chi connectivity index (χ0v) is 11.4. The van der Waals surface area contributed by atoms with Crippen molar-refractivity contribution in [3.8, 4) is 0 Å². The van der Waals surface area contributed by atoms with Gasteiger partial charge in [-0.25, -0.2) is 0 Å². The quantitative estimate of drug-likeness (QED) is 0.856. The Hall–Kier alpha value is -1.75. The number of anilines is 1. The fourth-order valence-corrected chi connectivity index (χ4v) is 2.00. The van der Waals surface area contributed by atoms with Crippen LogP contribution >= 0.6 is 15.9 Å². The molecule has 18 heavy (non-hydrogen) atoms. The molecule has 2 aromatic rings. The zero-order valence-electron chi connectivity index (χ0n) is 9.81. The average Bonchev–Trinajstić information content (AvgIpc) is 2.81. The maximum atomic E-state index is 12.0. The Morgan fingerprint density at radius 1 is 1.44 bits per heavy atom. The van der Waals surface area contributed by atoms with Gasteiger partial charge >= 0.3 is 0 Å². The van der Waals surface area contributed by atoms with Gasteiger partial charge in [-0.15, -0.1) is 0 Å². The molecule has 0 fully saturated rings. The maximum Gasteiger partial charge on any atom is 0.253 e. The molecule has 1 unspecified atom stereocenters. The Morgan fingerprint density at radius 3 is 2.83 bits per heavy atom. The number of furan rings is 1. The molecule has 2 rings (SSSR count). The first-order valence-corrected chi connectivity index (χ1v) is 6.26. The number of carbonyl (C=O) groups is 1. The second-order valence-corrected chi connectivity index (χ2v) is 4.86. The minimum absolute atomic E-state index is 0.199. The largest absolute Gasteiger partial charge is 0.467 e. The monoisotopic (exact) mass is 308 g/mol. The number of rotatable bonds is 3. The highest BCUT2D eigenvalue weighted by molar-refractivity contribution is 9.10. The number of nitrogens with one attached hydrogen (secondary N) is 1. The summed E-state index contributed by atoms with van der Waals surface area (Å²) in [5.41, 5.74) is 6.70. The minimum atomic E-state index is -0.219. The van der Waals surface area contributed by atoms with E-state index >= 15 is 0 Å². The van der Waals surface area contributed by atoms with Crippen LogP contribution in [0.5, 0.6) is 0 Å². The smallest absolute Gasteiger partial charge is 0.253 e. The van der Waals surface area contributed by atoms with Gasteiger partial charge in [-0.1, -0.05) is 15.9 Å². The molecule has 1 heterocycles. The second-order valence-electron chi connectivity index (χ2n) is 3.94. The lowest BCUT2D eigenvalue weighted by molar-refractivity contribution is 0.0936. The fourth-order valence-electron chi connectivity index (χ4n) is 1.62. The average molecular weight is 309 g/mol. The van der Waals surface area contributed by atoms with Gasteiger partial charge in [-0.2, -0.15) is 0 Å². The van der Waals surface area contributed by atoms with E-state index in [-0.39, 0.29) is 11.9 Å². The van der Waals surface area contributed by atoms with Gasteiger partial charge in [0.05, 0.1) is 17.9 Å². The van der Waals surface area contributed by atoms with Crippen LogP contribution in [0, 0.1) is 0 Å². The van der Waals surface area contributed by atoms with E-state index in [1.807, 2.05) is 13.0 Å². The van der Waals surface area contributed by atoms with Gasteiger partial charge in [-0.05, 0) is 37.3 Å². The van der Waals surface area contributed by atoms with Crippen molar-refractivity contribution in [2.45, 2.75) is 13.0 Å². The summed E-state index contributed by atoms with van der Waals surface area (Å²) >= 11 is 3.30. The molecular formula is C13H13BrN2O2. The predicted molar refractivity (Wildman–Crippen MR) is 73.1 cm³/mol. The van der Waals surface area contributed by atoms with Gasteiger partial charge in [0.15, 0.2) is 0 Å². The summed E-state index contributed by atoms with van der Waals surface area (Å²) in [6, 6.07) is 8.57. The topological polar surface area (TPSA) is 68.3 Å². The van der Waals surface area contributed by atoms with Crippen molar-refractivity contribution in [3.63, 3.8) is 0 Å². The van der Waals surface area contributed by atoms with Gasteiger partial charge in [0.2, 0.25) is 0 Å². The SMILES string of the molecule is CC(NC(=O)c1ccc(Br)cc1N)c1ccco1. The van der Waals surface area contributed by atoms with E-state index in [4.69, 9.17) is 10.2 Å². The number of carbonyl (C=O) groups excluding carboxylic acids is 1. The lowest BCUT2D eigenvalue weighted by Gasteiger charge is -2.12. The van der Waals surface area contributed by atoms with Gasteiger partial charge in [0.1, 0.15) is 5.76 Å². The van der Waals surface area contributed by atoms with Crippen LogP contribution in [0.15, 0.2) is 45.5 Å². The highest BCUT2D eigenvalue weighted by Crippen LogP contribution is 2.20. The Bertz CT molecular complexity index is 552. The molecule has 0 aliphatic heterocycles. The van der Waals surface area contributed by atoms with E-state index in [0.29, 0.717) is 17.0 Å². The molecule has 5 heteroatoms. The van der Waals surface area contributed by atoms with Crippen molar-refractivity contribution >= 4 is 27.5 Å². The first-order chi connectivity index (χ1) is 8.58. The normalized spacial score (nSPS) is 12.1. The number of amides is 1. The number of hydrogen-bond acceptors (Lipinski definition) is 3. The predicted octanol–water partition coefficient (Wildman–Crippen LogP) is 3.12. The number of nitrogen functional groups attached to an aromatic ring is 1. The summed E-state index contributed by atoms with van der Waals surface area (Å²) in [5, 5.41) is 2.83. The minimum Gasteiger partial charge on any atom is -0.467 e. The third kappa shape index (κ3) is 2.73. The first-order valence-electron chi connectivity index (χ1n) is 5.47. The Morgan fingerprint density at radius 2 is 2.22 bits per heavy atom. The van der Waals surface area contributed by atoms with E-state index in [9.17, 15) is 4.79 Å². The van der Waals surface area contributed by atoms with E-state index in [2.05, 4.69) is 21.2 Å². The van der Waals surface area contributed by atoms with Crippen LogP contribution in [-0.4, -0.2) is 5.91 Å². The van der Waals surface area contributed by atoms with E-state index in [1.54, 1.807) is 30.5 Å². The molecule has 1 aromatic heterocycles. The van der Waals surface area contributed by atoms with Crippen LogP contribution in [0.2, 0.25) is 0 Å². The van der Waals surface area contributed by atoms with Crippen molar-refractivity contribution < 1.29 is 9.21 Å². The highest BCUT2D eigenvalue weighted by Gasteiger charge is 2.15. The molecule has 0 bridgehead atoms. The van der Waals surface area contributed by atoms with Gasteiger partial charge in [-0.3, -0.25) is 4.79 Å². The Labute approximate surface area is 113 Å². The number of benzene rings is 1. The van der Waals surface area contributed by atoms with Crippen molar-refractivity contribution in [2.24, 2.45) is 0 Å². The van der Waals surface area contributed by atoms with Crippen LogP contribution < -0.4 is 11.1 Å². The highest BCUT2D eigenvalue weighted by atomic mass is 79.9. The summed E-state index contributed by atoms with van der Waals surface area (Å²) in [5.74, 6) is 0.489. The number of halogens is 1. The molecule has 94 valence electrons. The molecular weight excluding hydrogens is 296 g/mol. The lowest BCUT2D eigenvalue weighted by atomic mass is 10.1. The molecule has 0 aliphatic carbocycles. The summed E-state index contributed by atoms with van der Waals surface area (Å²) in [4.78, 5) is 12.0. The van der Waals surface area contributed by atoms with Crippen LogP contribution in [-0.2, 0) is 0 Å². The summed E-state index contributed by atoms with van der Waals surface area (Å²) in [6.45, 7) is 1.85. The van der Waals surface area contributed by atoms with Crippen LogP contribution in [0.4, 0.5) is 5.69 Å². The van der Waals surface area contributed by atoms with E-state index in [1.165, 1.54) is 0 Å². The molecule has 3 N–H and O–H groups in total. The second kappa shape index (κ2) is 5.27. The third-order valence-electron chi connectivity index (χ3n) is 2.58.